The molecule has 0 aliphatic heterocycles. The Morgan fingerprint density at radius 3 is 2.44 bits per heavy atom. The second-order valence-electron chi connectivity index (χ2n) is 6.89. The molecule has 0 spiro atoms. The van der Waals surface area contributed by atoms with Gasteiger partial charge < -0.3 is 4.74 Å². The van der Waals surface area contributed by atoms with Crippen LogP contribution >= 0.6 is 0 Å². The van der Waals surface area contributed by atoms with Crippen LogP contribution in [-0.2, 0) is 16.8 Å². The van der Waals surface area contributed by atoms with Gasteiger partial charge in [0.15, 0.2) is 0 Å². The zero-order valence-electron chi connectivity index (χ0n) is 13.9. The first kappa shape index (κ1) is 15.7. The third-order valence-electron chi connectivity index (χ3n) is 5.58. The topological polar surface area (TPSA) is 62.1 Å². The number of ether oxygens (including phenoxy) is 1. The van der Waals surface area contributed by atoms with Crippen LogP contribution in [0.25, 0.3) is 0 Å². The molecule has 1 amide bonds. The second kappa shape index (κ2) is 6.25. The highest BCUT2D eigenvalue weighted by Crippen LogP contribution is 2.67. The number of anilines is 1. The largest absolute Gasteiger partial charge is 0.444 e. The van der Waals surface area contributed by atoms with Gasteiger partial charge in [0.2, 0.25) is 0 Å². The first-order chi connectivity index (χ1) is 12.2. The Kier molecular flexibility index (Phi) is 3.93. The van der Waals surface area contributed by atoms with E-state index in [1.54, 1.807) is 0 Å². The van der Waals surface area contributed by atoms with Crippen molar-refractivity contribution < 1.29 is 9.53 Å². The molecule has 2 aliphatic carbocycles. The molecule has 0 bridgehead atoms. The molecule has 25 heavy (non-hydrogen) atoms. The molecule has 3 atom stereocenters. The summed E-state index contributed by atoms with van der Waals surface area (Å²) < 4.78 is 5.22. The molecular weight excluding hydrogens is 312 g/mol. The molecule has 2 fully saturated rings. The van der Waals surface area contributed by atoms with Crippen molar-refractivity contribution in [1.29, 1.82) is 5.26 Å². The third kappa shape index (κ3) is 2.76. The van der Waals surface area contributed by atoms with E-state index in [1.165, 1.54) is 6.42 Å². The highest BCUT2D eigenvalue weighted by Gasteiger charge is 2.67. The number of nitriles is 1. The SMILES string of the molecule is N#C[C@@]1(c2ccc(NC(=O)OCc3ccccc3)cc2)[C@@H]2CCC[C@@H]21. The summed E-state index contributed by atoms with van der Waals surface area (Å²) in [6, 6.07) is 19.8. The van der Waals surface area contributed by atoms with E-state index < -0.39 is 6.09 Å². The van der Waals surface area contributed by atoms with E-state index in [1.807, 2.05) is 54.6 Å². The molecule has 2 aromatic rings. The Balaban J connectivity index is 1.36. The van der Waals surface area contributed by atoms with Crippen LogP contribution in [0.2, 0.25) is 0 Å². The van der Waals surface area contributed by atoms with Crippen molar-refractivity contribution in [1.82, 2.24) is 0 Å². The van der Waals surface area contributed by atoms with Crippen molar-refractivity contribution in [3.05, 3.63) is 65.7 Å². The molecule has 4 nitrogen and oxygen atoms in total. The van der Waals surface area contributed by atoms with Gasteiger partial charge in [-0.15, -0.1) is 0 Å². The number of fused-ring (bicyclic) bond motifs is 1. The predicted molar refractivity (Wildman–Crippen MR) is 94.8 cm³/mol. The van der Waals surface area contributed by atoms with Crippen LogP contribution in [0.5, 0.6) is 0 Å². The summed E-state index contributed by atoms with van der Waals surface area (Å²) in [7, 11) is 0. The molecule has 0 saturated heterocycles. The van der Waals surface area contributed by atoms with Crippen LogP contribution in [0.1, 0.15) is 30.4 Å². The third-order valence-corrected chi connectivity index (χ3v) is 5.58. The maximum Gasteiger partial charge on any atom is 0.411 e. The van der Waals surface area contributed by atoms with Gasteiger partial charge in [-0.3, -0.25) is 5.32 Å². The summed E-state index contributed by atoms with van der Waals surface area (Å²) in [5, 5.41) is 12.4. The number of carbonyl (C=O) groups excluding carboxylic acids is 1. The van der Waals surface area contributed by atoms with Crippen molar-refractivity contribution in [3.63, 3.8) is 0 Å². The zero-order chi connectivity index (χ0) is 17.3. The minimum Gasteiger partial charge on any atom is -0.444 e. The molecule has 0 radical (unpaired) electrons. The number of rotatable bonds is 4. The Morgan fingerprint density at radius 2 is 1.80 bits per heavy atom. The van der Waals surface area contributed by atoms with E-state index in [0.717, 1.165) is 24.0 Å². The van der Waals surface area contributed by atoms with Crippen LogP contribution in [-0.4, -0.2) is 6.09 Å². The van der Waals surface area contributed by atoms with E-state index in [4.69, 9.17) is 4.74 Å². The predicted octanol–water partition coefficient (Wildman–Crippen LogP) is 4.63. The molecule has 1 N–H and O–H groups in total. The molecule has 0 unspecified atom stereocenters. The van der Waals surface area contributed by atoms with E-state index in [2.05, 4.69) is 11.4 Å². The van der Waals surface area contributed by atoms with Gasteiger partial charge in [-0.1, -0.05) is 48.9 Å². The number of benzene rings is 2. The van der Waals surface area contributed by atoms with Gasteiger partial charge in [0.25, 0.3) is 0 Å². The van der Waals surface area contributed by atoms with Gasteiger partial charge in [-0.25, -0.2) is 4.79 Å². The monoisotopic (exact) mass is 332 g/mol. The van der Waals surface area contributed by atoms with Gasteiger partial charge in [0.1, 0.15) is 6.61 Å². The fourth-order valence-electron chi connectivity index (χ4n) is 4.32. The summed E-state index contributed by atoms with van der Waals surface area (Å²) in [5.74, 6) is 1.04. The van der Waals surface area contributed by atoms with Crippen LogP contribution in [0.15, 0.2) is 54.6 Å². The molecule has 2 saturated carbocycles. The zero-order valence-corrected chi connectivity index (χ0v) is 13.9. The Morgan fingerprint density at radius 1 is 1.12 bits per heavy atom. The van der Waals surface area contributed by atoms with Crippen LogP contribution in [0.3, 0.4) is 0 Å². The highest BCUT2D eigenvalue weighted by molar-refractivity contribution is 5.84. The minimum absolute atomic E-state index is 0.242. The van der Waals surface area contributed by atoms with Crippen molar-refractivity contribution in [2.75, 3.05) is 5.32 Å². The normalized spacial score (nSPS) is 26.4. The Hall–Kier alpha value is -2.80. The summed E-state index contributed by atoms with van der Waals surface area (Å²) in [6.45, 7) is 0.242. The van der Waals surface area contributed by atoms with Gasteiger partial charge >= 0.3 is 6.09 Å². The molecule has 2 aliphatic rings. The van der Waals surface area contributed by atoms with E-state index in [9.17, 15) is 10.1 Å². The summed E-state index contributed by atoms with van der Waals surface area (Å²) >= 11 is 0. The quantitative estimate of drug-likeness (QED) is 0.888. The fourth-order valence-corrected chi connectivity index (χ4v) is 4.32. The molecule has 126 valence electrons. The van der Waals surface area contributed by atoms with Gasteiger partial charge in [0, 0.05) is 5.69 Å². The lowest BCUT2D eigenvalue weighted by molar-refractivity contribution is 0.155. The van der Waals surface area contributed by atoms with Crippen LogP contribution in [0.4, 0.5) is 10.5 Å². The maximum atomic E-state index is 11.9. The second-order valence-corrected chi connectivity index (χ2v) is 6.89. The average molecular weight is 332 g/mol. The summed E-state index contributed by atoms with van der Waals surface area (Å²) in [5.41, 5.74) is 2.42. The Labute approximate surface area is 147 Å². The lowest BCUT2D eigenvalue weighted by Crippen LogP contribution is -2.14. The van der Waals surface area contributed by atoms with Crippen molar-refractivity contribution in [3.8, 4) is 6.07 Å². The first-order valence-electron chi connectivity index (χ1n) is 8.73. The molecular formula is C21H20N2O2. The molecule has 0 heterocycles. The first-order valence-corrected chi connectivity index (χ1v) is 8.73. The van der Waals surface area contributed by atoms with Crippen molar-refractivity contribution >= 4 is 11.8 Å². The number of carbonyl (C=O) groups is 1. The lowest BCUT2D eigenvalue weighted by Gasteiger charge is -2.14. The smallest absolute Gasteiger partial charge is 0.411 e. The number of nitrogens with one attached hydrogen (secondary N) is 1. The maximum absolute atomic E-state index is 11.9. The number of amides is 1. The fraction of sp³-hybridized carbons (Fsp3) is 0.333. The van der Waals surface area contributed by atoms with Crippen LogP contribution in [0, 0.1) is 23.2 Å². The van der Waals surface area contributed by atoms with Gasteiger partial charge in [-0.05, 0) is 47.9 Å². The average Bonchev–Trinajstić information content (AvgIpc) is 3.00. The molecule has 4 rings (SSSR count). The van der Waals surface area contributed by atoms with Crippen molar-refractivity contribution in [2.45, 2.75) is 31.3 Å². The number of hydrogen-bond acceptors (Lipinski definition) is 3. The van der Waals surface area contributed by atoms with E-state index >= 15 is 0 Å². The summed E-state index contributed by atoms with van der Waals surface area (Å²) in [6.07, 6.45) is 3.08. The summed E-state index contributed by atoms with van der Waals surface area (Å²) in [4.78, 5) is 11.9. The van der Waals surface area contributed by atoms with E-state index in [-0.39, 0.29) is 12.0 Å². The highest BCUT2D eigenvalue weighted by atomic mass is 16.5. The van der Waals surface area contributed by atoms with Crippen molar-refractivity contribution in [2.24, 2.45) is 11.8 Å². The molecule has 4 heteroatoms. The van der Waals surface area contributed by atoms with Gasteiger partial charge in [0.05, 0.1) is 11.5 Å². The lowest BCUT2D eigenvalue weighted by atomic mass is 9.89. The molecule has 0 aromatic heterocycles. The minimum atomic E-state index is -0.477. The molecule has 2 aromatic carbocycles. The number of hydrogen-bond donors (Lipinski definition) is 1. The van der Waals surface area contributed by atoms with E-state index in [0.29, 0.717) is 17.5 Å². The number of nitrogens with zero attached hydrogens (tertiary/aromatic N) is 1. The Bertz CT molecular complexity index is 798. The van der Waals surface area contributed by atoms with Crippen LogP contribution < -0.4 is 5.32 Å². The van der Waals surface area contributed by atoms with Gasteiger partial charge in [-0.2, -0.15) is 5.26 Å². The standard InChI is InChI=1S/C21H20N2O2/c22-14-21(18-7-4-8-19(18)21)16-9-11-17(12-10-16)23-20(24)25-13-15-5-2-1-3-6-15/h1-3,5-6,9-12,18-19H,4,7-8,13H2,(H,23,24)/t18-,19+,21-.